The number of nitrogens with zero attached hydrogens (tertiary/aromatic N) is 2. The van der Waals surface area contributed by atoms with Gasteiger partial charge in [-0.25, -0.2) is 8.42 Å². The molecule has 2 heterocycles. The zero-order chi connectivity index (χ0) is 17.9. The standard InChI is InChI=1S/C18H29N3O3S/c19-17-3-1-2-4-18(17)25(23,24)21-12-7-16(8-13-21)20-10-5-15(6-11-20)9-14-22/h1-4,15-16,22H,5-14,19H2. The van der Waals surface area contributed by atoms with Crippen LogP contribution in [0.2, 0.25) is 0 Å². The molecule has 1 aromatic carbocycles. The molecule has 140 valence electrons. The SMILES string of the molecule is Nc1ccccc1S(=O)(=O)N1CCC(N2CCC(CCO)CC2)CC1. The third-order valence-corrected chi connectivity index (χ3v) is 7.64. The van der Waals surface area contributed by atoms with E-state index in [-0.39, 0.29) is 11.5 Å². The molecule has 0 unspecified atom stereocenters. The Labute approximate surface area is 150 Å². The van der Waals surface area contributed by atoms with Gasteiger partial charge in [0.1, 0.15) is 4.90 Å². The number of rotatable bonds is 5. The lowest BCUT2D eigenvalue weighted by molar-refractivity contribution is 0.0894. The highest BCUT2D eigenvalue weighted by Gasteiger charge is 2.33. The van der Waals surface area contributed by atoms with Crippen molar-refractivity contribution >= 4 is 15.7 Å². The molecule has 25 heavy (non-hydrogen) atoms. The molecule has 0 radical (unpaired) electrons. The molecule has 7 heteroatoms. The van der Waals surface area contributed by atoms with Crippen molar-refractivity contribution in [3.63, 3.8) is 0 Å². The maximum absolute atomic E-state index is 12.8. The number of hydrogen-bond acceptors (Lipinski definition) is 5. The Morgan fingerprint density at radius 2 is 1.68 bits per heavy atom. The van der Waals surface area contributed by atoms with Gasteiger partial charge in [0.05, 0.1) is 5.69 Å². The smallest absolute Gasteiger partial charge is 0.245 e. The number of benzene rings is 1. The molecule has 2 saturated heterocycles. The Morgan fingerprint density at radius 1 is 1.04 bits per heavy atom. The van der Waals surface area contributed by atoms with Crippen molar-refractivity contribution in [1.82, 2.24) is 9.21 Å². The minimum Gasteiger partial charge on any atom is -0.398 e. The van der Waals surface area contributed by atoms with Gasteiger partial charge in [0.15, 0.2) is 0 Å². The zero-order valence-corrected chi connectivity index (χ0v) is 15.5. The maximum atomic E-state index is 12.8. The van der Waals surface area contributed by atoms with E-state index in [9.17, 15) is 8.42 Å². The van der Waals surface area contributed by atoms with Crippen molar-refractivity contribution in [2.45, 2.75) is 43.0 Å². The molecular formula is C18H29N3O3S. The monoisotopic (exact) mass is 367 g/mol. The Bertz CT molecular complexity index is 664. The molecular weight excluding hydrogens is 338 g/mol. The quantitative estimate of drug-likeness (QED) is 0.771. The first-order valence-corrected chi connectivity index (χ1v) is 10.7. The van der Waals surface area contributed by atoms with Crippen LogP contribution >= 0.6 is 0 Å². The van der Waals surface area contributed by atoms with Crippen molar-refractivity contribution in [1.29, 1.82) is 0 Å². The van der Waals surface area contributed by atoms with Crippen LogP contribution in [0.4, 0.5) is 5.69 Å². The molecule has 0 amide bonds. The molecule has 2 fully saturated rings. The van der Waals surface area contributed by atoms with Crippen LogP contribution in [0.5, 0.6) is 0 Å². The Balaban J connectivity index is 1.56. The number of sulfonamides is 1. The van der Waals surface area contributed by atoms with E-state index in [0.29, 0.717) is 30.7 Å². The second-order valence-corrected chi connectivity index (χ2v) is 9.07. The van der Waals surface area contributed by atoms with E-state index < -0.39 is 10.0 Å². The largest absolute Gasteiger partial charge is 0.398 e. The van der Waals surface area contributed by atoms with Crippen LogP contribution in [-0.4, -0.2) is 61.6 Å². The lowest BCUT2D eigenvalue weighted by Gasteiger charge is -2.41. The highest BCUT2D eigenvalue weighted by atomic mass is 32.2. The Hall–Kier alpha value is -1.15. The normalized spacial score (nSPS) is 22.3. The van der Waals surface area contributed by atoms with Crippen LogP contribution < -0.4 is 5.73 Å². The number of aliphatic hydroxyl groups excluding tert-OH is 1. The molecule has 0 aromatic heterocycles. The molecule has 2 aliphatic rings. The average molecular weight is 368 g/mol. The van der Waals surface area contributed by atoms with E-state index in [1.165, 1.54) is 0 Å². The number of hydrogen-bond donors (Lipinski definition) is 2. The third-order valence-electron chi connectivity index (χ3n) is 5.66. The van der Waals surface area contributed by atoms with Crippen LogP contribution in [0, 0.1) is 5.92 Å². The van der Waals surface area contributed by atoms with Gasteiger partial charge in [0, 0.05) is 25.7 Å². The van der Waals surface area contributed by atoms with Crippen LogP contribution in [0.15, 0.2) is 29.2 Å². The molecule has 0 aliphatic carbocycles. The summed E-state index contributed by atoms with van der Waals surface area (Å²) in [4.78, 5) is 2.73. The molecule has 0 spiro atoms. The zero-order valence-electron chi connectivity index (χ0n) is 14.7. The van der Waals surface area contributed by atoms with Crippen molar-refractivity contribution in [3.05, 3.63) is 24.3 Å². The van der Waals surface area contributed by atoms with Gasteiger partial charge in [0.2, 0.25) is 10.0 Å². The van der Waals surface area contributed by atoms with Crippen molar-refractivity contribution in [2.24, 2.45) is 5.92 Å². The molecule has 0 atom stereocenters. The van der Waals surface area contributed by atoms with E-state index in [1.54, 1.807) is 28.6 Å². The Kier molecular flexibility index (Phi) is 5.99. The van der Waals surface area contributed by atoms with Crippen LogP contribution in [0.25, 0.3) is 0 Å². The highest BCUT2D eigenvalue weighted by Crippen LogP contribution is 2.29. The number of piperidine rings is 2. The van der Waals surface area contributed by atoms with E-state index in [4.69, 9.17) is 10.8 Å². The van der Waals surface area contributed by atoms with Gasteiger partial charge in [-0.05, 0) is 63.2 Å². The van der Waals surface area contributed by atoms with Crippen molar-refractivity contribution < 1.29 is 13.5 Å². The number of nitrogens with two attached hydrogens (primary N) is 1. The summed E-state index contributed by atoms with van der Waals surface area (Å²) in [5.74, 6) is 0.641. The first kappa shape index (κ1) is 18.6. The van der Waals surface area contributed by atoms with E-state index in [0.717, 1.165) is 45.2 Å². The number of aliphatic hydroxyl groups is 1. The van der Waals surface area contributed by atoms with E-state index in [1.807, 2.05) is 0 Å². The van der Waals surface area contributed by atoms with Crippen LogP contribution in [-0.2, 0) is 10.0 Å². The van der Waals surface area contributed by atoms with E-state index >= 15 is 0 Å². The van der Waals surface area contributed by atoms with Gasteiger partial charge < -0.3 is 15.7 Å². The maximum Gasteiger partial charge on any atom is 0.245 e. The van der Waals surface area contributed by atoms with Gasteiger partial charge in [-0.15, -0.1) is 0 Å². The summed E-state index contributed by atoms with van der Waals surface area (Å²) in [7, 11) is -3.50. The van der Waals surface area contributed by atoms with Crippen LogP contribution in [0.1, 0.15) is 32.1 Å². The molecule has 0 bridgehead atoms. The predicted molar refractivity (Wildman–Crippen MR) is 98.6 cm³/mol. The topological polar surface area (TPSA) is 86.9 Å². The summed E-state index contributed by atoms with van der Waals surface area (Å²) in [6.45, 7) is 3.51. The van der Waals surface area contributed by atoms with Crippen molar-refractivity contribution in [3.8, 4) is 0 Å². The van der Waals surface area contributed by atoms with Crippen LogP contribution in [0.3, 0.4) is 0 Å². The van der Waals surface area contributed by atoms with Gasteiger partial charge in [-0.1, -0.05) is 12.1 Å². The molecule has 2 aliphatic heterocycles. The minimum atomic E-state index is -3.50. The first-order valence-electron chi connectivity index (χ1n) is 9.22. The molecule has 3 N–H and O–H groups in total. The molecule has 6 nitrogen and oxygen atoms in total. The lowest BCUT2D eigenvalue weighted by atomic mass is 9.92. The second-order valence-electron chi connectivity index (χ2n) is 7.16. The van der Waals surface area contributed by atoms with Gasteiger partial charge in [-0.3, -0.25) is 0 Å². The predicted octanol–water partition coefficient (Wildman–Crippen LogP) is 1.52. The summed E-state index contributed by atoms with van der Waals surface area (Å²) in [5.41, 5.74) is 6.18. The minimum absolute atomic E-state index is 0.221. The number of anilines is 1. The molecule has 3 rings (SSSR count). The number of nitrogen functional groups attached to an aromatic ring is 1. The molecule has 1 aromatic rings. The highest BCUT2D eigenvalue weighted by molar-refractivity contribution is 7.89. The summed E-state index contributed by atoms with van der Waals surface area (Å²) in [6, 6.07) is 7.15. The fraction of sp³-hybridized carbons (Fsp3) is 0.667. The van der Waals surface area contributed by atoms with E-state index in [2.05, 4.69) is 4.90 Å². The first-order chi connectivity index (χ1) is 12.0. The van der Waals surface area contributed by atoms with Gasteiger partial charge >= 0.3 is 0 Å². The summed E-state index contributed by atoms with van der Waals surface area (Å²) >= 11 is 0. The molecule has 0 saturated carbocycles. The fourth-order valence-electron chi connectivity index (χ4n) is 4.09. The van der Waals surface area contributed by atoms with Gasteiger partial charge in [-0.2, -0.15) is 4.31 Å². The lowest BCUT2D eigenvalue weighted by Crippen LogP contribution is -2.49. The summed E-state index contributed by atoms with van der Waals surface area (Å²) in [6.07, 6.45) is 4.93. The summed E-state index contributed by atoms with van der Waals surface area (Å²) in [5, 5.41) is 9.07. The van der Waals surface area contributed by atoms with Crippen molar-refractivity contribution in [2.75, 3.05) is 38.5 Å². The third kappa shape index (κ3) is 4.16. The Morgan fingerprint density at radius 3 is 2.28 bits per heavy atom. The fourth-order valence-corrected chi connectivity index (χ4v) is 5.68. The summed E-state index contributed by atoms with van der Waals surface area (Å²) < 4.78 is 27.2. The number of para-hydroxylation sites is 1. The average Bonchev–Trinajstić information content (AvgIpc) is 2.63. The van der Waals surface area contributed by atoms with Gasteiger partial charge in [0.25, 0.3) is 0 Å². The number of likely N-dealkylation sites (tertiary alicyclic amines) is 1. The second kappa shape index (κ2) is 8.03.